The molecule has 1 aromatic carbocycles. The zero-order valence-corrected chi connectivity index (χ0v) is 10.2. The Hall–Kier alpha value is -0.820. The van der Waals surface area contributed by atoms with E-state index >= 15 is 0 Å². The minimum atomic E-state index is 0.302. The van der Waals surface area contributed by atoms with Gasteiger partial charge in [-0.1, -0.05) is 44.2 Å². The summed E-state index contributed by atoms with van der Waals surface area (Å²) in [5.74, 6) is 0. The Bertz CT molecular complexity index is 275. The summed E-state index contributed by atoms with van der Waals surface area (Å²) >= 11 is 0. The van der Waals surface area contributed by atoms with Crippen LogP contribution in [0, 0.1) is 5.41 Å². The monoisotopic (exact) mass is 205 g/mol. The van der Waals surface area contributed by atoms with Crippen LogP contribution < -0.4 is 5.73 Å². The lowest BCUT2D eigenvalue weighted by molar-refractivity contribution is 0.287. The Morgan fingerprint density at radius 3 is 2.33 bits per heavy atom. The summed E-state index contributed by atoms with van der Waals surface area (Å²) in [6.07, 6.45) is 3.46. The van der Waals surface area contributed by atoms with Gasteiger partial charge in [-0.2, -0.15) is 0 Å². The molecular weight excluding hydrogens is 182 g/mol. The van der Waals surface area contributed by atoms with Crippen LogP contribution in [0.1, 0.15) is 39.2 Å². The maximum absolute atomic E-state index is 5.85. The van der Waals surface area contributed by atoms with Gasteiger partial charge in [0, 0.05) is 6.04 Å². The Morgan fingerprint density at radius 1 is 1.20 bits per heavy atom. The molecule has 0 fully saturated rings. The largest absolute Gasteiger partial charge is 0.328 e. The molecule has 0 heterocycles. The van der Waals surface area contributed by atoms with Crippen LogP contribution in [0.5, 0.6) is 0 Å². The first-order chi connectivity index (χ1) is 6.99. The maximum Gasteiger partial charge on any atom is 0.00155 e. The van der Waals surface area contributed by atoms with Crippen LogP contribution in [-0.4, -0.2) is 6.04 Å². The summed E-state index contributed by atoms with van der Waals surface area (Å²) in [6.45, 7) is 6.70. The predicted octanol–water partition coefficient (Wildman–Crippen LogP) is 3.38. The second kappa shape index (κ2) is 5.32. The van der Waals surface area contributed by atoms with Crippen molar-refractivity contribution in [1.82, 2.24) is 0 Å². The third-order valence-electron chi connectivity index (χ3n) is 2.81. The first-order valence-corrected chi connectivity index (χ1v) is 5.79. The fourth-order valence-corrected chi connectivity index (χ4v) is 2.10. The van der Waals surface area contributed by atoms with Gasteiger partial charge in [-0.25, -0.2) is 0 Å². The smallest absolute Gasteiger partial charge is 0.00155 e. The molecule has 0 aliphatic heterocycles. The highest BCUT2D eigenvalue weighted by atomic mass is 14.6. The van der Waals surface area contributed by atoms with Crippen LogP contribution in [0.25, 0.3) is 0 Å². The van der Waals surface area contributed by atoms with Gasteiger partial charge in [-0.05, 0) is 37.2 Å². The minimum Gasteiger partial charge on any atom is -0.328 e. The second-order valence-corrected chi connectivity index (χ2v) is 5.33. The first-order valence-electron chi connectivity index (χ1n) is 5.79. The molecule has 2 N–H and O–H groups in total. The molecule has 0 bridgehead atoms. The number of hydrogen-bond acceptors (Lipinski definition) is 1. The van der Waals surface area contributed by atoms with Crippen molar-refractivity contribution in [2.45, 2.75) is 46.1 Å². The molecule has 1 rings (SSSR count). The SMILES string of the molecule is CC(N)CC(C)(C)CCc1ccccc1. The lowest BCUT2D eigenvalue weighted by Gasteiger charge is -2.26. The van der Waals surface area contributed by atoms with E-state index < -0.39 is 0 Å². The average molecular weight is 205 g/mol. The molecule has 0 saturated carbocycles. The van der Waals surface area contributed by atoms with E-state index in [2.05, 4.69) is 51.1 Å². The van der Waals surface area contributed by atoms with Crippen LogP contribution >= 0.6 is 0 Å². The summed E-state index contributed by atoms with van der Waals surface area (Å²) in [5.41, 5.74) is 7.62. The number of hydrogen-bond donors (Lipinski definition) is 1. The molecule has 0 aliphatic rings. The van der Waals surface area contributed by atoms with Crippen LogP contribution in [0.4, 0.5) is 0 Å². The molecule has 0 spiro atoms. The third kappa shape index (κ3) is 4.98. The molecule has 0 amide bonds. The van der Waals surface area contributed by atoms with E-state index in [-0.39, 0.29) is 0 Å². The summed E-state index contributed by atoms with van der Waals surface area (Å²) in [5, 5.41) is 0. The van der Waals surface area contributed by atoms with Crippen molar-refractivity contribution in [2.24, 2.45) is 11.1 Å². The van der Waals surface area contributed by atoms with Gasteiger partial charge >= 0.3 is 0 Å². The molecule has 1 nitrogen and oxygen atoms in total. The van der Waals surface area contributed by atoms with Crippen molar-refractivity contribution < 1.29 is 0 Å². The van der Waals surface area contributed by atoms with E-state index in [9.17, 15) is 0 Å². The molecule has 1 heteroatoms. The zero-order chi connectivity index (χ0) is 11.3. The topological polar surface area (TPSA) is 26.0 Å². The number of benzene rings is 1. The van der Waals surface area contributed by atoms with E-state index in [1.807, 2.05) is 0 Å². The van der Waals surface area contributed by atoms with Gasteiger partial charge in [-0.15, -0.1) is 0 Å². The summed E-state index contributed by atoms with van der Waals surface area (Å²) < 4.78 is 0. The van der Waals surface area contributed by atoms with E-state index in [1.54, 1.807) is 0 Å². The van der Waals surface area contributed by atoms with Crippen molar-refractivity contribution >= 4 is 0 Å². The highest BCUT2D eigenvalue weighted by Gasteiger charge is 2.19. The van der Waals surface area contributed by atoms with E-state index in [1.165, 1.54) is 12.0 Å². The quantitative estimate of drug-likeness (QED) is 0.783. The summed E-state index contributed by atoms with van der Waals surface area (Å²) in [6, 6.07) is 11.0. The van der Waals surface area contributed by atoms with E-state index in [4.69, 9.17) is 5.73 Å². The molecule has 15 heavy (non-hydrogen) atoms. The van der Waals surface area contributed by atoms with Gasteiger partial charge in [0.2, 0.25) is 0 Å². The Morgan fingerprint density at radius 2 is 1.80 bits per heavy atom. The van der Waals surface area contributed by atoms with Crippen molar-refractivity contribution in [2.75, 3.05) is 0 Å². The molecule has 1 unspecified atom stereocenters. The Kier molecular flexibility index (Phi) is 4.34. The summed E-state index contributed by atoms with van der Waals surface area (Å²) in [7, 11) is 0. The van der Waals surface area contributed by atoms with Crippen LogP contribution in [0.15, 0.2) is 30.3 Å². The second-order valence-electron chi connectivity index (χ2n) is 5.33. The number of rotatable bonds is 5. The lowest BCUT2D eigenvalue weighted by Crippen LogP contribution is -2.25. The van der Waals surface area contributed by atoms with Crippen LogP contribution in [-0.2, 0) is 6.42 Å². The maximum atomic E-state index is 5.85. The number of aryl methyl sites for hydroxylation is 1. The van der Waals surface area contributed by atoms with Gasteiger partial charge in [0.25, 0.3) is 0 Å². The molecule has 1 atom stereocenters. The fraction of sp³-hybridized carbons (Fsp3) is 0.571. The Balaban J connectivity index is 2.42. The molecular formula is C14H23N. The minimum absolute atomic E-state index is 0.302. The van der Waals surface area contributed by atoms with Crippen molar-refractivity contribution in [1.29, 1.82) is 0 Å². The van der Waals surface area contributed by atoms with E-state index in [0.717, 1.165) is 12.8 Å². The van der Waals surface area contributed by atoms with Crippen molar-refractivity contribution in [3.05, 3.63) is 35.9 Å². The van der Waals surface area contributed by atoms with Gasteiger partial charge in [0.15, 0.2) is 0 Å². The Labute approximate surface area is 93.7 Å². The van der Waals surface area contributed by atoms with Gasteiger partial charge in [-0.3, -0.25) is 0 Å². The van der Waals surface area contributed by atoms with Crippen molar-refractivity contribution in [3.63, 3.8) is 0 Å². The molecule has 0 aliphatic carbocycles. The van der Waals surface area contributed by atoms with Gasteiger partial charge in [0.1, 0.15) is 0 Å². The van der Waals surface area contributed by atoms with Gasteiger partial charge in [0.05, 0.1) is 0 Å². The summed E-state index contributed by atoms with van der Waals surface area (Å²) in [4.78, 5) is 0. The van der Waals surface area contributed by atoms with Crippen molar-refractivity contribution in [3.8, 4) is 0 Å². The van der Waals surface area contributed by atoms with Crippen LogP contribution in [0.2, 0.25) is 0 Å². The fourth-order valence-electron chi connectivity index (χ4n) is 2.10. The molecule has 1 aromatic rings. The first kappa shape index (κ1) is 12.3. The highest BCUT2D eigenvalue weighted by molar-refractivity contribution is 5.14. The normalized spacial score (nSPS) is 13.9. The molecule has 0 saturated heterocycles. The number of nitrogens with two attached hydrogens (primary N) is 1. The lowest BCUT2D eigenvalue weighted by atomic mass is 9.81. The standard InChI is InChI=1S/C14H23N/c1-12(15)11-14(2,3)10-9-13-7-5-4-6-8-13/h4-8,12H,9-11,15H2,1-3H3. The highest BCUT2D eigenvalue weighted by Crippen LogP contribution is 2.27. The van der Waals surface area contributed by atoms with Gasteiger partial charge < -0.3 is 5.73 Å². The van der Waals surface area contributed by atoms with E-state index in [0.29, 0.717) is 11.5 Å². The van der Waals surface area contributed by atoms with Crippen LogP contribution in [0.3, 0.4) is 0 Å². The predicted molar refractivity (Wildman–Crippen MR) is 66.8 cm³/mol. The molecule has 0 aromatic heterocycles. The zero-order valence-electron chi connectivity index (χ0n) is 10.2. The average Bonchev–Trinajstić information content (AvgIpc) is 2.15. The molecule has 84 valence electrons. The molecule has 0 radical (unpaired) electrons. The third-order valence-corrected chi connectivity index (χ3v) is 2.81.